The molecule has 0 saturated heterocycles. The molecule has 5 nitrogen and oxygen atoms in total. The standard InChI is InChI=1S/C10H11Cl2FN2O3/c11-6-4-7(12)10(15-9(6)13)18-5-8(17)14-2-1-3-16/h4,16H,1-3,5H2,(H,14,17). The molecule has 1 rings (SSSR count). The molecule has 1 aromatic rings. The summed E-state index contributed by atoms with van der Waals surface area (Å²) < 4.78 is 18.0. The highest BCUT2D eigenvalue weighted by atomic mass is 35.5. The maximum Gasteiger partial charge on any atom is 0.258 e. The van der Waals surface area contributed by atoms with Gasteiger partial charge in [0.05, 0.1) is 5.02 Å². The minimum atomic E-state index is -0.920. The number of nitrogens with zero attached hydrogens (tertiary/aromatic N) is 1. The highest BCUT2D eigenvalue weighted by Crippen LogP contribution is 2.26. The minimum absolute atomic E-state index is 0.0169. The van der Waals surface area contributed by atoms with E-state index < -0.39 is 11.9 Å². The summed E-state index contributed by atoms with van der Waals surface area (Å²) in [4.78, 5) is 14.6. The molecule has 1 amide bonds. The first-order valence-corrected chi connectivity index (χ1v) is 5.82. The van der Waals surface area contributed by atoms with Gasteiger partial charge in [0.25, 0.3) is 5.91 Å². The van der Waals surface area contributed by atoms with Crippen LogP contribution in [0.4, 0.5) is 4.39 Å². The monoisotopic (exact) mass is 296 g/mol. The molecule has 0 atom stereocenters. The molecular formula is C10H11Cl2FN2O3. The van der Waals surface area contributed by atoms with Gasteiger partial charge in [0.1, 0.15) is 5.02 Å². The van der Waals surface area contributed by atoms with E-state index in [0.717, 1.165) is 6.07 Å². The van der Waals surface area contributed by atoms with Crippen LogP contribution in [0.1, 0.15) is 6.42 Å². The number of aliphatic hydroxyl groups excluding tert-OH is 1. The van der Waals surface area contributed by atoms with Crippen LogP contribution in [-0.4, -0.2) is 35.8 Å². The average molecular weight is 297 g/mol. The Kier molecular flexibility index (Phi) is 6.11. The van der Waals surface area contributed by atoms with E-state index in [0.29, 0.717) is 13.0 Å². The highest BCUT2D eigenvalue weighted by molar-refractivity contribution is 6.35. The van der Waals surface area contributed by atoms with Crippen molar-refractivity contribution in [2.75, 3.05) is 19.8 Å². The Labute approximate surface area is 113 Å². The first-order chi connectivity index (χ1) is 8.54. The van der Waals surface area contributed by atoms with Gasteiger partial charge < -0.3 is 15.2 Å². The summed E-state index contributed by atoms with van der Waals surface area (Å²) in [6.45, 7) is -0.0367. The molecule has 8 heteroatoms. The van der Waals surface area contributed by atoms with Gasteiger partial charge in [-0.15, -0.1) is 0 Å². The second-order valence-electron chi connectivity index (χ2n) is 3.26. The van der Waals surface area contributed by atoms with E-state index >= 15 is 0 Å². The molecule has 18 heavy (non-hydrogen) atoms. The number of pyridine rings is 1. The number of carbonyl (C=O) groups is 1. The number of carbonyl (C=O) groups excluding carboxylic acids is 1. The predicted octanol–water partition coefficient (Wildman–Crippen LogP) is 1.40. The summed E-state index contributed by atoms with van der Waals surface area (Å²) in [5, 5.41) is 10.8. The number of hydrogen-bond donors (Lipinski definition) is 2. The van der Waals surface area contributed by atoms with E-state index in [-0.39, 0.29) is 29.1 Å². The Morgan fingerprint density at radius 2 is 2.22 bits per heavy atom. The molecule has 0 aliphatic carbocycles. The second kappa shape index (κ2) is 7.35. The first-order valence-electron chi connectivity index (χ1n) is 5.06. The Morgan fingerprint density at radius 1 is 1.50 bits per heavy atom. The number of aliphatic hydroxyl groups is 1. The second-order valence-corrected chi connectivity index (χ2v) is 4.08. The normalized spacial score (nSPS) is 10.2. The lowest BCUT2D eigenvalue weighted by molar-refractivity contribution is -0.123. The van der Waals surface area contributed by atoms with Crippen molar-refractivity contribution in [1.29, 1.82) is 0 Å². The van der Waals surface area contributed by atoms with Crippen LogP contribution >= 0.6 is 23.2 Å². The molecule has 0 aliphatic heterocycles. The lowest BCUT2D eigenvalue weighted by Gasteiger charge is -2.08. The quantitative estimate of drug-likeness (QED) is 0.615. The molecule has 0 bridgehead atoms. The molecule has 0 unspecified atom stereocenters. The SMILES string of the molecule is O=C(COc1nc(F)c(Cl)cc1Cl)NCCCO. The summed E-state index contributed by atoms with van der Waals surface area (Å²) in [7, 11) is 0. The summed E-state index contributed by atoms with van der Waals surface area (Å²) in [6.07, 6.45) is 0.445. The van der Waals surface area contributed by atoms with Gasteiger partial charge in [-0.2, -0.15) is 9.37 Å². The highest BCUT2D eigenvalue weighted by Gasteiger charge is 2.11. The maximum absolute atomic E-state index is 13.0. The van der Waals surface area contributed by atoms with Crippen LogP contribution in [0.15, 0.2) is 6.07 Å². The van der Waals surface area contributed by atoms with Gasteiger partial charge >= 0.3 is 0 Å². The van der Waals surface area contributed by atoms with Crippen molar-refractivity contribution in [2.24, 2.45) is 0 Å². The van der Waals surface area contributed by atoms with Crippen molar-refractivity contribution in [1.82, 2.24) is 10.3 Å². The lowest BCUT2D eigenvalue weighted by atomic mass is 10.4. The van der Waals surface area contributed by atoms with Crippen LogP contribution in [0.3, 0.4) is 0 Å². The van der Waals surface area contributed by atoms with Crippen LogP contribution in [0.5, 0.6) is 5.88 Å². The predicted molar refractivity (Wildman–Crippen MR) is 64.4 cm³/mol. The molecule has 1 heterocycles. The molecule has 0 spiro atoms. The van der Waals surface area contributed by atoms with Crippen molar-refractivity contribution in [3.05, 3.63) is 22.1 Å². The molecule has 0 radical (unpaired) electrons. The van der Waals surface area contributed by atoms with E-state index in [1.807, 2.05) is 0 Å². The summed E-state index contributed by atoms with van der Waals surface area (Å²) in [5.74, 6) is -1.54. The summed E-state index contributed by atoms with van der Waals surface area (Å²) in [5.41, 5.74) is 0. The zero-order chi connectivity index (χ0) is 13.5. The zero-order valence-corrected chi connectivity index (χ0v) is 10.8. The molecule has 0 aliphatic rings. The van der Waals surface area contributed by atoms with Crippen LogP contribution in [0, 0.1) is 5.95 Å². The van der Waals surface area contributed by atoms with E-state index in [9.17, 15) is 9.18 Å². The Balaban J connectivity index is 2.48. The van der Waals surface area contributed by atoms with Crippen LogP contribution in [0.25, 0.3) is 0 Å². The topological polar surface area (TPSA) is 71.5 Å². The van der Waals surface area contributed by atoms with E-state index in [2.05, 4.69) is 10.3 Å². The van der Waals surface area contributed by atoms with Gasteiger partial charge in [-0.05, 0) is 12.5 Å². The molecule has 0 saturated carbocycles. The average Bonchev–Trinajstić information content (AvgIpc) is 2.32. The number of ether oxygens (including phenoxy) is 1. The Morgan fingerprint density at radius 3 is 2.89 bits per heavy atom. The smallest absolute Gasteiger partial charge is 0.258 e. The number of rotatable bonds is 6. The van der Waals surface area contributed by atoms with E-state index in [1.165, 1.54) is 0 Å². The third-order valence-corrected chi connectivity index (χ3v) is 2.39. The van der Waals surface area contributed by atoms with Gasteiger partial charge in [0.2, 0.25) is 11.8 Å². The van der Waals surface area contributed by atoms with E-state index in [1.54, 1.807) is 0 Å². The minimum Gasteiger partial charge on any atom is -0.466 e. The fourth-order valence-electron chi connectivity index (χ4n) is 1.02. The van der Waals surface area contributed by atoms with Crippen molar-refractivity contribution >= 4 is 29.1 Å². The van der Waals surface area contributed by atoms with Crippen molar-refractivity contribution in [2.45, 2.75) is 6.42 Å². The molecule has 0 fully saturated rings. The van der Waals surface area contributed by atoms with Crippen LogP contribution in [-0.2, 0) is 4.79 Å². The van der Waals surface area contributed by atoms with Crippen molar-refractivity contribution in [3.8, 4) is 5.88 Å². The Bertz CT molecular complexity index is 432. The Hall–Kier alpha value is -1.11. The zero-order valence-electron chi connectivity index (χ0n) is 9.25. The third-order valence-electron chi connectivity index (χ3n) is 1.85. The van der Waals surface area contributed by atoms with E-state index in [4.69, 9.17) is 33.0 Å². The number of nitrogens with one attached hydrogen (secondary N) is 1. The van der Waals surface area contributed by atoms with Gasteiger partial charge in [-0.3, -0.25) is 4.79 Å². The molecule has 100 valence electrons. The van der Waals surface area contributed by atoms with Gasteiger partial charge in [-0.25, -0.2) is 0 Å². The van der Waals surface area contributed by atoms with Crippen molar-refractivity contribution in [3.63, 3.8) is 0 Å². The fraction of sp³-hybridized carbons (Fsp3) is 0.400. The summed E-state index contributed by atoms with van der Waals surface area (Å²) >= 11 is 11.2. The largest absolute Gasteiger partial charge is 0.466 e. The van der Waals surface area contributed by atoms with Crippen LogP contribution in [0.2, 0.25) is 10.0 Å². The number of halogens is 3. The molecular weight excluding hydrogens is 286 g/mol. The number of aromatic nitrogens is 1. The fourth-order valence-corrected chi connectivity index (χ4v) is 1.43. The van der Waals surface area contributed by atoms with Gasteiger partial charge in [-0.1, -0.05) is 23.2 Å². The molecule has 1 aromatic heterocycles. The molecule has 0 aromatic carbocycles. The number of hydrogen-bond acceptors (Lipinski definition) is 4. The number of amides is 1. The maximum atomic E-state index is 13.0. The van der Waals surface area contributed by atoms with Crippen molar-refractivity contribution < 1.29 is 19.0 Å². The first kappa shape index (κ1) is 14.9. The third kappa shape index (κ3) is 4.64. The lowest BCUT2D eigenvalue weighted by Crippen LogP contribution is -2.30. The molecule has 2 N–H and O–H groups in total. The van der Waals surface area contributed by atoms with Gasteiger partial charge in [0, 0.05) is 13.2 Å². The summed E-state index contributed by atoms with van der Waals surface area (Å²) in [6, 6.07) is 1.14. The van der Waals surface area contributed by atoms with Gasteiger partial charge in [0.15, 0.2) is 6.61 Å². The van der Waals surface area contributed by atoms with Crippen LogP contribution < -0.4 is 10.1 Å².